The first-order chi connectivity index (χ1) is 9.25. The van der Waals surface area contributed by atoms with Crippen molar-refractivity contribution in [3.63, 3.8) is 0 Å². The van der Waals surface area contributed by atoms with Gasteiger partial charge in [-0.2, -0.15) is 9.36 Å². The first-order valence-corrected chi connectivity index (χ1v) is 5.80. The van der Waals surface area contributed by atoms with E-state index in [2.05, 4.69) is 15.6 Å². The Morgan fingerprint density at radius 3 is 2.79 bits per heavy atom. The lowest BCUT2D eigenvalue weighted by Gasteiger charge is -1.99. The van der Waals surface area contributed by atoms with Gasteiger partial charge in [0.15, 0.2) is 0 Å². The second-order valence-electron chi connectivity index (χ2n) is 3.77. The van der Waals surface area contributed by atoms with Crippen LogP contribution in [-0.2, 0) is 6.54 Å². The van der Waals surface area contributed by atoms with Gasteiger partial charge in [-0.1, -0.05) is 28.9 Å². The molecule has 0 amide bonds. The summed E-state index contributed by atoms with van der Waals surface area (Å²) in [6, 6.07) is 8.57. The Kier molecular flexibility index (Phi) is 2.88. The summed E-state index contributed by atoms with van der Waals surface area (Å²) in [4.78, 5) is 12.1. The van der Waals surface area contributed by atoms with E-state index >= 15 is 0 Å². The van der Waals surface area contributed by atoms with Crippen molar-refractivity contribution in [3.8, 4) is 5.69 Å². The SMILES string of the molecule is O=c1n(Cc2ccon2)nnn1-c1ccccc1Cl. The van der Waals surface area contributed by atoms with Gasteiger partial charge in [-0.05, 0) is 22.6 Å². The smallest absolute Gasteiger partial charge is 0.364 e. The van der Waals surface area contributed by atoms with E-state index in [1.807, 2.05) is 0 Å². The van der Waals surface area contributed by atoms with Crippen LogP contribution in [0.25, 0.3) is 5.69 Å². The molecule has 0 saturated carbocycles. The maximum atomic E-state index is 12.1. The molecule has 2 heterocycles. The van der Waals surface area contributed by atoms with Gasteiger partial charge in [0.2, 0.25) is 0 Å². The number of halogens is 1. The fourth-order valence-electron chi connectivity index (χ4n) is 1.62. The van der Waals surface area contributed by atoms with Gasteiger partial charge in [-0.3, -0.25) is 0 Å². The van der Waals surface area contributed by atoms with Crippen molar-refractivity contribution < 1.29 is 4.52 Å². The summed E-state index contributed by atoms with van der Waals surface area (Å²) < 4.78 is 7.02. The van der Waals surface area contributed by atoms with Crippen molar-refractivity contribution in [2.75, 3.05) is 0 Å². The topological polar surface area (TPSA) is 78.7 Å². The van der Waals surface area contributed by atoms with Crippen LogP contribution in [-0.4, -0.2) is 24.9 Å². The predicted octanol–water partition coefficient (Wildman–Crippen LogP) is 1.12. The van der Waals surface area contributed by atoms with Gasteiger partial charge < -0.3 is 4.52 Å². The molecular formula is C11H8ClN5O2. The highest BCUT2D eigenvalue weighted by molar-refractivity contribution is 6.32. The lowest BCUT2D eigenvalue weighted by molar-refractivity contribution is 0.407. The van der Waals surface area contributed by atoms with Crippen LogP contribution < -0.4 is 5.69 Å². The Bertz CT molecular complexity index is 747. The summed E-state index contributed by atoms with van der Waals surface area (Å²) in [5.74, 6) is 0. The normalized spacial score (nSPS) is 10.8. The molecule has 3 aromatic rings. The maximum absolute atomic E-state index is 12.1. The molecule has 8 heteroatoms. The van der Waals surface area contributed by atoms with Crippen LogP contribution in [0.3, 0.4) is 0 Å². The molecule has 3 rings (SSSR count). The zero-order valence-electron chi connectivity index (χ0n) is 9.60. The number of para-hydroxylation sites is 1. The number of tetrazole rings is 1. The molecule has 2 aromatic heterocycles. The average Bonchev–Trinajstić information content (AvgIpc) is 3.03. The van der Waals surface area contributed by atoms with E-state index in [1.54, 1.807) is 30.3 Å². The first kappa shape index (κ1) is 11.7. The summed E-state index contributed by atoms with van der Waals surface area (Å²) in [6.07, 6.45) is 1.43. The van der Waals surface area contributed by atoms with E-state index < -0.39 is 5.69 Å². The third-order valence-corrected chi connectivity index (χ3v) is 2.84. The third kappa shape index (κ3) is 2.15. The number of aromatic nitrogens is 5. The highest BCUT2D eigenvalue weighted by Gasteiger charge is 2.12. The van der Waals surface area contributed by atoms with Crippen LogP contribution in [0.15, 0.2) is 45.9 Å². The van der Waals surface area contributed by atoms with Crippen LogP contribution in [0.4, 0.5) is 0 Å². The first-order valence-electron chi connectivity index (χ1n) is 5.42. The summed E-state index contributed by atoms with van der Waals surface area (Å²) in [5.41, 5.74) is 0.685. The largest absolute Gasteiger partial charge is 0.368 e. The second kappa shape index (κ2) is 4.69. The van der Waals surface area contributed by atoms with E-state index in [4.69, 9.17) is 16.1 Å². The molecule has 19 heavy (non-hydrogen) atoms. The monoisotopic (exact) mass is 277 g/mol. The quantitative estimate of drug-likeness (QED) is 0.717. The molecule has 96 valence electrons. The highest BCUT2D eigenvalue weighted by Crippen LogP contribution is 2.16. The van der Waals surface area contributed by atoms with Crippen LogP contribution >= 0.6 is 11.6 Å². The molecule has 0 saturated heterocycles. The van der Waals surface area contributed by atoms with Crippen LogP contribution in [0.2, 0.25) is 5.02 Å². The van der Waals surface area contributed by atoms with Gasteiger partial charge in [-0.25, -0.2) is 4.79 Å². The zero-order chi connectivity index (χ0) is 13.2. The van der Waals surface area contributed by atoms with Crippen molar-refractivity contribution in [2.45, 2.75) is 6.54 Å². The molecule has 1 aromatic carbocycles. The Labute approximate surface area is 112 Å². The van der Waals surface area contributed by atoms with Crippen molar-refractivity contribution in [2.24, 2.45) is 0 Å². The number of rotatable bonds is 3. The molecule has 0 spiro atoms. The van der Waals surface area contributed by atoms with Gasteiger partial charge >= 0.3 is 5.69 Å². The summed E-state index contributed by atoms with van der Waals surface area (Å²) in [5, 5.41) is 11.7. The Hall–Kier alpha value is -2.41. The average molecular weight is 278 g/mol. The number of benzene rings is 1. The van der Waals surface area contributed by atoms with Gasteiger partial charge in [-0.15, -0.1) is 0 Å². The number of hydrogen-bond acceptors (Lipinski definition) is 5. The van der Waals surface area contributed by atoms with Crippen LogP contribution in [0.5, 0.6) is 0 Å². The number of hydrogen-bond donors (Lipinski definition) is 0. The summed E-state index contributed by atoms with van der Waals surface area (Å²) in [6.45, 7) is 0.194. The van der Waals surface area contributed by atoms with Gasteiger partial charge in [0.05, 0.1) is 17.3 Å². The van der Waals surface area contributed by atoms with E-state index in [9.17, 15) is 4.79 Å². The van der Waals surface area contributed by atoms with Crippen LogP contribution in [0.1, 0.15) is 5.69 Å². The fraction of sp³-hybridized carbons (Fsp3) is 0.0909. The lowest BCUT2D eigenvalue weighted by atomic mass is 10.3. The summed E-state index contributed by atoms with van der Waals surface area (Å²) >= 11 is 6.02. The Morgan fingerprint density at radius 1 is 1.21 bits per heavy atom. The lowest BCUT2D eigenvalue weighted by Crippen LogP contribution is -2.25. The molecule has 0 aliphatic heterocycles. The molecule has 0 bridgehead atoms. The minimum atomic E-state index is -0.392. The molecule has 0 atom stereocenters. The maximum Gasteiger partial charge on any atom is 0.368 e. The highest BCUT2D eigenvalue weighted by atomic mass is 35.5. The van der Waals surface area contributed by atoms with Gasteiger partial charge in [0.25, 0.3) is 0 Å². The molecule has 0 unspecified atom stereocenters. The second-order valence-corrected chi connectivity index (χ2v) is 4.18. The van der Waals surface area contributed by atoms with E-state index in [0.29, 0.717) is 16.4 Å². The fourth-order valence-corrected chi connectivity index (χ4v) is 1.84. The molecule has 7 nitrogen and oxygen atoms in total. The van der Waals surface area contributed by atoms with Gasteiger partial charge in [0, 0.05) is 6.07 Å². The standard InChI is InChI=1S/C11H8ClN5O2/c12-9-3-1-2-4-10(9)17-11(18)16(14-15-17)7-8-5-6-19-13-8/h1-6H,7H2. The Balaban J connectivity index is 2.00. The zero-order valence-corrected chi connectivity index (χ0v) is 10.4. The van der Waals surface area contributed by atoms with E-state index in [1.165, 1.54) is 10.9 Å². The van der Waals surface area contributed by atoms with Crippen molar-refractivity contribution in [1.29, 1.82) is 0 Å². The van der Waals surface area contributed by atoms with Crippen molar-refractivity contribution >= 4 is 11.6 Å². The minimum Gasteiger partial charge on any atom is -0.364 e. The molecule has 0 aliphatic rings. The molecule has 0 fully saturated rings. The third-order valence-electron chi connectivity index (χ3n) is 2.52. The van der Waals surface area contributed by atoms with Crippen molar-refractivity contribution in [1.82, 2.24) is 24.9 Å². The molecule has 0 radical (unpaired) electrons. The van der Waals surface area contributed by atoms with E-state index in [0.717, 1.165) is 4.68 Å². The molecule has 0 N–H and O–H groups in total. The molecular weight excluding hydrogens is 270 g/mol. The summed E-state index contributed by atoms with van der Waals surface area (Å²) in [7, 11) is 0. The predicted molar refractivity (Wildman–Crippen MR) is 66.2 cm³/mol. The number of nitrogens with zero attached hydrogens (tertiary/aromatic N) is 5. The van der Waals surface area contributed by atoms with Crippen LogP contribution in [0, 0.1) is 0 Å². The van der Waals surface area contributed by atoms with Gasteiger partial charge in [0.1, 0.15) is 12.0 Å². The van der Waals surface area contributed by atoms with E-state index in [-0.39, 0.29) is 6.54 Å². The van der Waals surface area contributed by atoms with Crippen molar-refractivity contribution in [3.05, 3.63) is 57.8 Å². The minimum absolute atomic E-state index is 0.194. The molecule has 0 aliphatic carbocycles. The Morgan fingerprint density at radius 2 is 2.05 bits per heavy atom.